The number of rotatable bonds is 2. The molecule has 1 aliphatic heterocycles. The summed E-state index contributed by atoms with van der Waals surface area (Å²) in [5.74, 6) is 0. The molecule has 0 spiro atoms. The Labute approximate surface area is 74.9 Å². The second-order valence-corrected chi connectivity index (χ2v) is 3.97. The lowest BCUT2D eigenvalue weighted by Crippen LogP contribution is -2.50. The molecule has 12 heavy (non-hydrogen) atoms. The Morgan fingerprint density at radius 2 is 2.08 bits per heavy atom. The normalized spacial score (nSPS) is 22.2. The van der Waals surface area contributed by atoms with Crippen molar-refractivity contribution in [2.75, 3.05) is 32.8 Å². The predicted molar refractivity (Wildman–Crippen MR) is 50.1 cm³/mol. The van der Waals surface area contributed by atoms with Gasteiger partial charge in [-0.3, -0.25) is 4.90 Å². The van der Waals surface area contributed by atoms with E-state index < -0.39 is 0 Å². The molecule has 72 valence electrons. The van der Waals surface area contributed by atoms with Gasteiger partial charge in [0.1, 0.15) is 0 Å². The third kappa shape index (κ3) is 2.44. The smallest absolute Gasteiger partial charge is 0.0593 e. The number of ether oxygens (including phenoxy) is 1. The quantitative estimate of drug-likeness (QED) is 0.657. The topological polar surface area (TPSA) is 38.5 Å². The second kappa shape index (κ2) is 4.21. The van der Waals surface area contributed by atoms with Gasteiger partial charge in [0.25, 0.3) is 0 Å². The van der Waals surface area contributed by atoms with E-state index in [0.29, 0.717) is 6.54 Å². The van der Waals surface area contributed by atoms with Gasteiger partial charge in [0.15, 0.2) is 0 Å². The molecule has 1 rings (SSSR count). The van der Waals surface area contributed by atoms with E-state index in [1.54, 1.807) is 0 Å². The molecule has 3 heteroatoms. The minimum absolute atomic E-state index is 0.133. The van der Waals surface area contributed by atoms with Gasteiger partial charge in [-0.2, -0.15) is 0 Å². The SMILES string of the molecule is CC(C)(CN)N1CCCOCC1. The van der Waals surface area contributed by atoms with Crippen molar-refractivity contribution >= 4 is 0 Å². The summed E-state index contributed by atoms with van der Waals surface area (Å²) in [5, 5.41) is 0. The highest BCUT2D eigenvalue weighted by Gasteiger charge is 2.25. The fourth-order valence-corrected chi connectivity index (χ4v) is 1.48. The fourth-order valence-electron chi connectivity index (χ4n) is 1.48. The Morgan fingerprint density at radius 3 is 2.75 bits per heavy atom. The number of nitrogens with two attached hydrogens (primary N) is 1. The monoisotopic (exact) mass is 172 g/mol. The predicted octanol–water partition coefficient (Wildman–Crippen LogP) is 0.446. The lowest BCUT2D eigenvalue weighted by molar-refractivity contribution is 0.105. The number of hydrogen-bond donors (Lipinski definition) is 1. The van der Waals surface area contributed by atoms with Crippen LogP contribution in [0, 0.1) is 0 Å². The molecule has 1 saturated heterocycles. The van der Waals surface area contributed by atoms with Crippen LogP contribution in [0.25, 0.3) is 0 Å². The molecule has 0 saturated carbocycles. The van der Waals surface area contributed by atoms with Crippen molar-refractivity contribution in [2.45, 2.75) is 25.8 Å². The maximum atomic E-state index is 5.71. The van der Waals surface area contributed by atoms with Crippen molar-refractivity contribution in [1.29, 1.82) is 0 Å². The third-order valence-corrected chi connectivity index (χ3v) is 2.58. The maximum Gasteiger partial charge on any atom is 0.0593 e. The lowest BCUT2D eigenvalue weighted by atomic mass is 10.0. The van der Waals surface area contributed by atoms with Crippen molar-refractivity contribution in [3.05, 3.63) is 0 Å². The zero-order valence-corrected chi connectivity index (χ0v) is 8.18. The third-order valence-electron chi connectivity index (χ3n) is 2.58. The minimum atomic E-state index is 0.133. The Bertz CT molecular complexity index is 128. The summed E-state index contributed by atoms with van der Waals surface area (Å²) < 4.78 is 5.38. The van der Waals surface area contributed by atoms with Crippen LogP contribution in [0.5, 0.6) is 0 Å². The highest BCUT2D eigenvalue weighted by atomic mass is 16.5. The van der Waals surface area contributed by atoms with E-state index in [-0.39, 0.29) is 5.54 Å². The summed E-state index contributed by atoms with van der Waals surface area (Å²) in [4.78, 5) is 2.42. The highest BCUT2D eigenvalue weighted by Crippen LogP contribution is 2.14. The molecule has 0 aromatic heterocycles. The molecule has 3 nitrogen and oxygen atoms in total. The summed E-state index contributed by atoms with van der Waals surface area (Å²) in [6.45, 7) is 8.98. The molecule has 1 heterocycles. The van der Waals surface area contributed by atoms with Crippen molar-refractivity contribution in [2.24, 2.45) is 5.73 Å². The molecule has 0 radical (unpaired) electrons. The van der Waals surface area contributed by atoms with Gasteiger partial charge in [0.05, 0.1) is 6.61 Å². The first-order valence-electron chi connectivity index (χ1n) is 4.70. The summed E-state index contributed by atoms with van der Waals surface area (Å²) in [7, 11) is 0. The molecule has 0 atom stereocenters. The highest BCUT2D eigenvalue weighted by molar-refractivity contribution is 4.82. The van der Waals surface area contributed by atoms with Crippen molar-refractivity contribution in [3.8, 4) is 0 Å². The van der Waals surface area contributed by atoms with Crippen LogP contribution in [0.3, 0.4) is 0 Å². The van der Waals surface area contributed by atoms with Crippen LogP contribution < -0.4 is 5.73 Å². The molecule has 2 N–H and O–H groups in total. The molecule has 0 bridgehead atoms. The van der Waals surface area contributed by atoms with Crippen LogP contribution in [0.1, 0.15) is 20.3 Å². The zero-order chi connectivity index (χ0) is 9.03. The van der Waals surface area contributed by atoms with Gasteiger partial charge in [-0.1, -0.05) is 0 Å². The van der Waals surface area contributed by atoms with Crippen LogP contribution in [0.4, 0.5) is 0 Å². The molecule has 0 amide bonds. The molecule has 0 aliphatic carbocycles. The zero-order valence-electron chi connectivity index (χ0n) is 8.18. The van der Waals surface area contributed by atoms with Gasteiger partial charge in [-0.25, -0.2) is 0 Å². The first-order valence-corrected chi connectivity index (χ1v) is 4.70. The Kier molecular flexibility index (Phi) is 3.50. The van der Waals surface area contributed by atoms with Gasteiger partial charge in [-0.15, -0.1) is 0 Å². The molecule has 0 aromatic carbocycles. The van der Waals surface area contributed by atoms with Crippen LogP contribution in [-0.4, -0.2) is 43.3 Å². The lowest BCUT2D eigenvalue weighted by Gasteiger charge is -2.36. The Balaban J connectivity index is 2.47. The first kappa shape index (κ1) is 9.96. The van der Waals surface area contributed by atoms with E-state index in [0.717, 1.165) is 32.7 Å². The van der Waals surface area contributed by atoms with Gasteiger partial charge >= 0.3 is 0 Å². The summed E-state index contributed by atoms with van der Waals surface area (Å²) >= 11 is 0. The molecule has 0 unspecified atom stereocenters. The average Bonchev–Trinajstić information content (AvgIpc) is 2.32. The van der Waals surface area contributed by atoms with Crippen molar-refractivity contribution < 1.29 is 4.74 Å². The van der Waals surface area contributed by atoms with E-state index in [1.807, 2.05) is 0 Å². The number of hydrogen-bond acceptors (Lipinski definition) is 3. The van der Waals surface area contributed by atoms with E-state index in [2.05, 4.69) is 18.7 Å². The molecule has 1 aliphatic rings. The van der Waals surface area contributed by atoms with Gasteiger partial charge in [0.2, 0.25) is 0 Å². The maximum absolute atomic E-state index is 5.71. The largest absolute Gasteiger partial charge is 0.380 e. The average molecular weight is 172 g/mol. The first-order chi connectivity index (χ1) is 5.67. The summed E-state index contributed by atoms with van der Waals surface area (Å²) in [5.41, 5.74) is 5.84. The van der Waals surface area contributed by atoms with Crippen LogP contribution in [-0.2, 0) is 4.74 Å². The summed E-state index contributed by atoms with van der Waals surface area (Å²) in [6, 6.07) is 0. The van der Waals surface area contributed by atoms with Crippen LogP contribution in [0.2, 0.25) is 0 Å². The summed E-state index contributed by atoms with van der Waals surface area (Å²) in [6.07, 6.45) is 1.13. The van der Waals surface area contributed by atoms with E-state index in [1.165, 1.54) is 0 Å². The molecule has 0 aromatic rings. The van der Waals surface area contributed by atoms with Crippen LogP contribution >= 0.6 is 0 Å². The van der Waals surface area contributed by atoms with Gasteiger partial charge < -0.3 is 10.5 Å². The van der Waals surface area contributed by atoms with Crippen molar-refractivity contribution in [1.82, 2.24) is 4.90 Å². The Hall–Kier alpha value is -0.120. The van der Waals surface area contributed by atoms with Gasteiger partial charge in [0, 0.05) is 31.8 Å². The molecular weight excluding hydrogens is 152 g/mol. The van der Waals surface area contributed by atoms with Gasteiger partial charge in [-0.05, 0) is 20.3 Å². The van der Waals surface area contributed by atoms with Crippen molar-refractivity contribution in [3.63, 3.8) is 0 Å². The fraction of sp³-hybridized carbons (Fsp3) is 1.00. The molecule has 1 fully saturated rings. The second-order valence-electron chi connectivity index (χ2n) is 3.97. The van der Waals surface area contributed by atoms with E-state index in [4.69, 9.17) is 10.5 Å². The number of nitrogens with zero attached hydrogens (tertiary/aromatic N) is 1. The molecular formula is C9H20N2O. The standard InChI is InChI=1S/C9H20N2O/c1-9(2,8-10)11-4-3-6-12-7-5-11/h3-8,10H2,1-2H3. The Morgan fingerprint density at radius 1 is 1.33 bits per heavy atom. The minimum Gasteiger partial charge on any atom is -0.380 e. The van der Waals surface area contributed by atoms with E-state index in [9.17, 15) is 0 Å². The van der Waals surface area contributed by atoms with Crippen LogP contribution in [0.15, 0.2) is 0 Å². The van der Waals surface area contributed by atoms with E-state index >= 15 is 0 Å².